The van der Waals surface area contributed by atoms with Gasteiger partial charge in [0.1, 0.15) is 5.52 Å². The number of aryl methyl sites for hydroxylation is 1. The Kier molecular flexibility index (Phi) is 3.02. The third-order valence-corrected chi connectivity index (χ3v) is 3.22. The van der Waals surface area contributed by atoms with Crippen molar-refractivity contribution >= 4 is 11.2 Å². The van der Waals surface area contributed by atoms with Gasteiger partial charge in [-0.25, -0.2) is 9.97 Å². The molecule has 0 amide bonds. The van der Waals surface area contributed by atoms with Gasteiger partial charge < -0.3 is 14.5 Å². The van der Waals surface area contributed by atoms with Crippen LogP contribution < -0.4 is 9.47 Å². The number of aromatic amines is 1. The number of hydrogen-bond acceptors (Lipinski definition) is 4. The molecule has 20 heavy (non-hydrogen) atoms. The van der Waals surface area contributed by atoms with E-state index in [1.54, 1.807) is 20.4 Å². The largest absolute Gasteiger partial charge is 0.493 e. The Morgan fingerprint density at radius 2 is 2.00 bits per heavy atom. The Morgan fingerprint density at radius 1 is 1.15 bits per heavy atom. The molecule has 3 aromatic rings. The van der Waals surface area contributed by atoms with Crippen LogP contribution >= 0.6 is 0 Å². The zero-order chi connectivity index (χ0) is 14.1. The Hall–Kier alpha value is -2.56. The average Bonchev–Trinajstić information content (AvgIpc) is 2.93. The second-order valence-electron chi connectivity index (χ2n) is 4.50. The minimum absolute atomic E-state index is 0.693. The van der Waals surface area contributed by atoms with Gasteiger partial charge in [0.25, 0.3) is 0 Å². The molecule has 0 aliphatic carbocycles. The zero-order valence-electron chi connectivity index (χ0n) is 11.6. The molecule has 2 aromatic heterocycles. The van der Waals surface area contributed by atoms with E-state index in [-0.39, 0.29) is 0 Å². The predicted molar refractivity (Wildman–Crippen MR) is 77.2 cm³/mol. The van der Waals surface area contributed by atoms with E-state index in [9.17, 15) is 0 Å². The van der Waals surface area contributed by atoms with Crippen LogP contribution in [0.3, 0.4) is 0 Å². The number of methoxy groups -OCH3 is 2. The normalized spacial score (nSPS) is 10.8. The summed E-state index contributed by atoms with van der Waals surface area (Å²) in [6.07, 6.45) is 3.58. The van der Waals surface area contributed by atoms with E-state index in [2.05, 4.69) is 15.0 Å². The Bertz CT molecular complexity index is 765. The molecule has 0 fully saturated rings. The van der Waals surface area contributed by atoms with Crippen molar-refractivity contribution < 1.29 is 9.47 Å². The fourth-order valence-corrected chi connectivity index (χ4v) is 2.27. The zero-order valence-corrected chi connectivity index (χ0v) is 11.6. The number of rotatable bonds is 3. The van der Waals surface area contributed by atoms with E-state index in [4.69, 9.17) is 9.47 Å². The molecule has 2 heterocycles. The van der Waals surface area contributed by atoms with Crippen molar-refractivity contribution in [2.75, 3.05) is 14.2 Å². The van der Waals surface area contributed by atoms with Gasteiger partial charge in [-0.2, -0.15) is 0 Å². The molecule has 0 bridgehead atoms. The molecule has 0 saturated heterocycles. The average molecular weight is 269 g/mol. The van der Waals surface area contributed by atoms with Crippen LogP contribution in [-0.2, 0) is 0 Å². The summed E-state index contributed by atoms with van der Waals surface area (Å²) in [5, 5.41) is 0. The van der Waals surface area contributed by atoms with Gasteiger partial charge in [-0.15, -0.1) is 0 Å². The number of aromatic nitrogens is 3. The van der Waals surface area contributed by atoms with Crippen molar-refractivity contribution in [2.45, 2.75) is 6.92 Å². The van der Waals surface area contributed by atoms with Gasteiger partial charge >= 0.3 is 0 Å². The van der Waals surface area contributed by atoms with Crippen LogP contribution in [-0.4, -0.2) is 29.2 Å². The summed E-state index contributed by atoms with van der Waals surface area (Å²) in [7, 11) is 3.26. The minimum Gasteiger partial charge on any atom is -0.493 e. The Morgan fingerprint density at radius 3 is 2.75 bits per heavy atom. The summed E-state index contributed by atoms with van der Waals surface area (Å²) in [6, 6.07) is 5.83. The summed E-state index contributed by atoms with van der Waals surface area (Å²) in [5.41, 5.74) is 4.38. The predicted octanol–water partition coefficient (Wildman–Crippen LogP) is 2.95. The topological polar surface area (TPSA) is 60.0 Å². The number of nitrogens with one attached hydrogen (secondary N) is 1. The number of hydrogen-bond donors (Lipinski definition) is 1. The van der Waals surface area contributed by atoms with Crippen LogP contribution in [0.1, 0.15) is 5.56 Å². The van der Waals surface area contributed by atoms with E-state index in [0.29, 0.717) is 5.75 Å². The number of H-pyrrole nitrogens is 1. The molecule has 102 valence electrons. The highest BCUT2D eigenvalue weighted by atomic mass is 16.5. The molecule has 3 rings (SSSR count). The Labute approximate surface area is 116 Å². The molecule has 0 atom stereocenters. The second-order valence-corrected chi connectivity index (χ2v) is 4.50. The van der Waals surface area contributed by atoms with Crippen LogP contribution in [0, 0.1) is 6.92 Å². The van der Waals surface area contributed by atoms with Gasteiger partial charge in [-0.1, -0.05) is 0 Å². The van der Waals surface area contributed by atoms with Gasteiger partial charge in [0.15, 0.2) is 17.1 Å². The molecule has 5 heteroatoms. The van der Waals surface area contributed by atoms with Crippen molar-refractivity contribution in [3.63, 3.8) is 0 Å². The van der Waals surface area contributed by atoms with Crippen molar-refractivity contribution in [1.29, 1.82) is 0 Å². The lowest BCUT2D eigenvalue weighted by Gasteiger charge is -2.12. The van der Waals surface area contributed by atoms with Crippen LogP contribution in [0.2, 0.25) is 0 Å². The fourth-order valence-electron chi connectivity index (χ4n) is 2.27. The maximum atomic E-state index is 5.37. The smallest absolute Gasteiger partial charge is 0.163 e. The molecular weight excluding hydrogens is 254 g/mol. The molecule has 1 aromatic carbocycles. The first kappa shape index (κ1) is 12.5. The van der Waals surface area contributed by atoms with Gasteiger partial charge in [-0.3, -0.25) is 0 Å². The third-order valence-electron chi connectivity index (χ3n) is 3.22. The quantitative estimate of drug-likeness (QED) is 0.794. The van der Waals surface area contributed by atoms with E-state index < -0.39 is 0 Å². The fraction of sp³-hybridized carbons (Fsp3) is 0.200. The monoisotopic (exact) mass is 269 g/mol. The van der Waals surface area contributed by atoms with Gasteiger partial charge in [0.05, 0.1) is 26.1 Å². The molecular formula is C15H15N3O2. The summed E-state index contributed by atoms with van der Waals surface area (Å²) in [4.78, 5) is 12.0. The first-order chi connectivity index (χ1) is 9.72. The van der Waals surface area contributed by atoms with Crippen LogP contribution in [0.5, 0.6) is 11.5 Å². The van der Waals surface area contributed by atoms with E-state index in [1.165, 1.54) is 0 Å². The standard InChI is InChI=1S/C15H15N3O2/c1-9-6-10(7-13(19-2)14(9)20-3)12-8-17-15-11(18-12)4-5-16-15/h4-8H,1-3H3,(H,16,17). The highest BCUT2D eigenvalue weighted by Gasteiger charge is 2.12. The van der Waals surface area contributed by atoms with E-state index in [1.807, 2.05) is 31.3 Å². The lowest BCUT2D eigenvalue weighted by Crippen LogP contribution is -1.95. The lowest BCUT2D eigenvalue weighted by atomic mass is 10.1. The third kappa shape index (κ3) is 1.97. The number of nitrogens with zero attached hydrogens (tertiary/aromatic N) is 2. The van der Waals surface area contributed by atoms with Crippen molar-refractivity contribution in [3.8, 4) is 22.8 Å². The van der Waals surface area contributed by atoms with Crippen LogP contribution in [0.15, 0.2) is 30.6 Å². The molecule has 1 N–H and O–H groups in total. The molecule has 5 nitrogen and oxygen atoms in total. The molecule has 0 spiro atoms. The summed E-state index contributed by atoms with van der Waals surface area (Å²) in [5.74, 6) is 1.44. The summed E-state index contributed by atoms with van der Waals surface area (Å²) in [6.45, 7) is 1.98. The van der Waals surface area contributed by atoms with Crippen LogP contribution in [0.4, 0.5) is 0 Å². The maximum Gasteiger partial charge on any atom is 0.163 e. The van der Waals surface area contributed by atoms with Crippen molar-refractivity contribution in [2.24, 2.45) is 0 Å². The lowest BCUT2D eigenvalue weighted by molar-refractivity contribution is 0.353. The van der Waals surface area contributed by atoms with Gasteiger partial charge in [0, 0.05) is 11.8 Å². The van der Waals surface area contributed by atoms with Crippen LogP contribution in [0.25, 0.3) is 22.4 Å². The molecule has 0 aliphatic heterocycles. The maximum absolute atomic E-state index is 5.37. The number of ether oxygens (including phenoxy) is 2. The van der Waals surface area contributed by atoms with Gasteiger partial charge in [0.2, 0.25) is 0 Å². The molecule has 0 saturated carbocycles. The molecule has 0 radical (unpaired) electrons. The van der Waals surface area contributed by atoms with E-state index in [0.717, 1.165) is 33.7 Å². The Balaban J connectivity index is 2.15. The molecule has 0 unspecified atom stereocenters. The summed E-state index contributed by atoms with van der Waals surface area (Å²) >= 11 is 0. The van der Waals surface area contributed by atoms with Crippen molar-refractivity contribution in [3.05, 3.63) is 36.2 Å². The first-order valence-electron chi connectivity index (χ1n) is 6.26. The molecule has 0 aliphatic rings. The SMILES string of the molecule is COc1cc(-c2cnc3[nH]ccc3n2)cc(C)c1OC. The summed E-state index contributed by atoms with van der Waals surface area (Å²) < 4.78 is 10.7. The van der Waals surface area contributed by atoms with Crippen molar-refractivity contribution in [1.82, 2.24) is 15.0 Å². The first-order valence-corrected chi connectivity index (χ1v) is 6.26. The van der Waals surface area contributed by atoms with Gasteiger partial charge in [-0.05, 0) is 30.7 Å². The highest BCUT2D eigenvalue weighted by Crippen LogP contribution is 2.35. The number of benzene rings is 1. The highest BCUT2D eigenvalue weighted by molar-refractivity contribution is 5.75. The second kappa shape index (κ2) is 4.85. The van der Waals surface area contributed by atoms with E-state index >= 15 is 0 Å². The number of fused-ring (bicyclic) bond motifs is 1. The minimum atomic E-state index is 0.693.